The van der Waals surface area contributed by atoms with Crippen molar-refractivity contribution in [3.05, 3.63) is 29.3 Å². The first-order valence-corrected chi connectivity index (χ1v) is 7.33. The summed E-state index contributed by atoms with van der Waals surface area (Å²) in [6, 6.07) is 5.30. The summed E-state index contributed by atoms with van der Waals surface area (Å²) in [7, 11) is 0. The van der Waals surface area contributed by atoms with Crippen molar-refractivity contribution >= 4 is 27.7 Å². The molecule has 1 aliphatic rings. The molecule has 0 radical (unpaired) electrons. The maximum atomic E-state index is 11.6. The molecular formula is C14H15BrO4. The summed E-state index contributed by atoms with van der Waals surface area (Å²) < 4.78 is 10.6. The molecule has 4 nitrogen and oxygen atoms in total. The molecule has 1 aromatic carbocycles. The van der Waals surface area contributed by atoms with Crippen LogP contribution in [0.15, 0.2) is 18.2 Å². The maximum Gasteiger partial charge on any atom is 0.347 e. The zero-order valence-corrected chi connectivity index (χ0v) is 12.2. The predicted molar refractivity (Wildman–Crippen MR) is 73.9 cm³/mol. The number of aryl methyl sites for hydroxylation is 1. The topological polar surface area (TPSA) is 52.6 Å². The quantitative estimate of drug-likeness (QED) is 0.484. The summed E-state index contributed by atoms with van der Waals surface area (Å²) >= 11 is 3.15. The van der Waals surface area contributed by atoms with Gasteiger partial charge in [-0.25, -0.2) is 4.79 Å². The van der Waals surface area contributed by atoms with Gasteiger partial charge in [0, 0.05) is 5.56 Å². The van der Waals surface area contributed by atoms with Gasteiger partial charge >= 0.3 is 5.97 Å². The Morgan fingerprint density at radius 3 is 2.95 bits per heavy atom. The Morgan fingerprint density at radius 2 is 2.26 bits per heavy atom. The second kappa shape index (κ2) is 6.19. The van der Waals surface area contributed by atoms with Crippen LogP contribution in [0, 0.1) is 0 Å². The average molecular weight is 327 g/mol. The molecule has 1 aliphatic heterocycles. The Kier molecular flexibility index (Phi) is 4.58. The van der Waals surface area contributed by atoms with Gasteiger partial charge in [-0.1, -0.05) is 15.9 Å². The smallest absolute Gasteiger partial charge is 0.347 e. The molecule has 1 atom stereocenters. The number of alkyl halides is 1. The van der Waals surface area contributed by atoms with Crippen molar-refractivity contribution in [3.63, 3.8) is 0 Å². The molecule has 0 spiro atoms. The number of esters is 1. The number of Topliss-reactive ketones (excluding diaryl/α,β-unsaturated/α-hetero) is 1. The summed E-state index contributed by atoms with van der Waals surface area (Å²) in [5.74, 6) is 0.375. The summed E-state index contributed by atoms with van der Waals surface area (Å²) in [5.41, 5.74) is 1.63. The van der Waals surface area contributed by atoms with Gasteiger partial charge in [-0.15, -0.1) is 0 Å². The maximum absolute atomic E-state index is 11.6. The van der Waals surface area contributed by atoms with E-state index in [4.69, 9.17) is 9.47 Å². The van der Waals surface area contributed by atoms with Crippen LogP contribution >= 0.6 is 15.9 Å². The lowest BCUT2D eigenvalue weighted by Crippen LogP contribution is -2.32. The van der Waals surface area contributed by atoms with E-state index in [1.807, 2.05) is 6.07 Å². The molecule has 1 aromatic rings. The van der Waals surface area contributed by atoms with E-state index in [-0.39, 0.29) is 11.8 Å². The monoisotopic (exact) mass is 326 g/mol. The minimum atomic E-state index is -0.537. The van der Waals surface area contributed by atoms with Crippen LogP contribution in [0.4, 0.5) is 0 Å². The van der Waals surface area contributed by atoms with Crippen LogP contribution in [0.1, 0.15) is 29.3 Å². The Hall–Kier alpha value is -1.36. The highest BCUT2D eigenvalue weighted by Gasteiger charge is 2.27. The van der Waals surface area contributed by atoms with Crippen molar-refractivity contribution in [2.45, 2.75) is 25.9 Å². The number of ether oxygens (including phenoxy) is 2. The van der Waals surface area contributed by atoms with Crippen LogP contribution in [0.25, 0.3) is 0 Å². The van der Waals surface area contributed by atoms with Crippen LogP contribution in [0.3, 0.4) is 0 Å². The van der Waals surface area contributed by atoms with Gasteiger partial charge in [0.15, 0.2) is 11.9 Å². The van der Waals surface area contributed by atoms with Crippen molar-refractivity contribution in [2.24, 2.45) is 0 Å². The zero-order chi connectivity index (χ0) is 13.8. The lowest BCUT2D eigenvalue weighted by molar-refractivity contribution is -0.152. The third-order valence-electron chi connectivity index (χ3n) is 3.00. The van der Waals surface area contributed by atoms with Crippen molar-refractivity contribution in [3.8, 4) is 5.75 Å². The third-order valence-corrected chi connectivity index (χ3v) is 3.51. The minimum Gasteiger partial charge on any atom is -0.478 e. The molecule has 0 N–H and O–H groups in total. The molecule has 5 heteroatoms. The number of benzene rings is 1. The molecule has 0 aliphatic carbocycles. The molecule has 0 saturated heterocycles. The van der Waals surface area contributed by atoms with E-state index in [1.165, 1.54) is 0 Å². The third kappa shape index (κ3) is 3.15. The van der Waals surface area contributed by atoms with Crippen molar-refractivity contribution in [2.75, 3.05) is 11.9 Å². The highest BCUT2D eigenvalue weighted by Crippen LogP contribution is 2.29. The Balaban J connectivity index is 2.14. The fourth-order valence-corrected chi connectivity index (χ4v) is 2.36. The molecule has 0 fully saturated rings. The molecular weight excluding hydrogens is 312 g/mol. The van der Waals surface area contributed by atoms with Crippen LogP contribution in [-0.2, 0) is 16.0 Å². The first-order chi connectivity index (χ1) is 9.15. The van der Waals surface area contributed by atoms with E-state index in [9.17, 15) is 9.59 Å². The van der Waals surface area contributed by atoms with Gasteiger partial charge in [0.05, 0.1) is 11.9 Å². The molecule has 1 unspecified atom stereocenters. The fraction of sp³-hybridized carbons (Fsp3) is 0.429. The van der Waals surface area contributed by atoms with E-state index >= 15 is 0 Å². The number of hydrogen-bond acceptors (Lipinski definition) is 4. The molecule has 0 amide bonds. The zero-order valence-electron chi connectivity index (χ0n) is 10.6. The number of fused-ring (bicyclic) bond motifs is 1. The molecule has 1 heterocycles. The molecule has 0 saturated carbocycles. The molecule has 19 heavy (non-hydrogen) atoms. The molecule has 2 rings (SSSR count). The van der Waals surface area contributed by atoms with Gasteiger partial charge in [-0.2, -0.15) is 0 Å². The molecule has 0 bridgehead atoms. The average Bonchev–Trinajstić information content (AvgIpc) is 2.45. The SMILES string of the molecule is CCOC(=O)C1CCc2cc(C(=O)CBr)ccc2O1. The van der Waals surface area contributed by atoms with Crippen molar-refractivity contribution in [1.82, 2.24) is 0 Å². The number of ketones is 1. The van der Waals surface area contributed by atoms with Crippen molar-refractivity contribution < 1.29 is 19.1 Å². The summed E-state index contributed by atoms with van der Waals surface area (Å²) in [6.45, 7) is 2.12. The number of hydrogen-bond donors (Lipinski definition) is 0. The van der Waals surface area contributed by atoms with Crippen LogP contribution in [0.2, 0.25) is 0 Å². The number of carbonyl (C=O) groups excluding carboxylic acids is 2. The summed E-state index contributed by atoms with van der Waals surface area (Å²) in [4.78, 5) is 23.2. The highest BCUT2D eigenvalue weighted by atomic mass is 79.9. The Morgan fingerprint density at radius 1 is 1.47 bits per heavy atom. The summed E-state index contributed by atoms with van der Waals surface area (Å²) in [5, 5.41) is 0.304. The lowest BCUT2D eigenvalue weighted by atomic mass is 9.99. The molecule has 0 aromatic heterocycles. The highest BCUT2D eigenvalue weighted by molar-refractivity contribution is 9.09. The second-order valence-electron chi connectivity index (χ2n) is 4.28. The van der Waals surface area contributed by atoms with Crippen LogP contribution in [-0.4, -0.2) is 29.8 Å². The van der Waals surface area contributed by atoms with Crippen molar-refractivity contribution in [1.29, 1.82) is 0 Å². The van der Waals surface area contributed by atoms with Gasteiger partial charge in [-0.05, 0) is 43.5 Å². The van der Waals surface area contributed by atoms with E-state index in [2.05, 4.69) is 15.9 Å². The second-order valence-corrected chi connectivity index (χ2v) is 4.84. The Labute approximate surface area is 120 Å². The number of halogens is 1. The van der Waals surface area contributed by atoms with Gasteiger partial charge < -0.3 is 9.47 Å². The van der Waals surface area contributed by atoms with E-state index in [0.717, 1.165) is 5.56 Å². The molecule has 102 valence electrons. The standard InChI is InChI=1S/C14H15BrO4/c1-2-18-14(17)13-6-4-10-7-9(11(16)8-15)3-5-12(10)19-13/h3,5,7,13H,2,4,6,8H2,1H3. The normalized spacial score (nSPS) is 17.3. The first-order valence-electron chi connectivity index (χ1n) is 6.21. The largest absolute Gasteiger partial charge is 0.478 e. The van der Waals surface area contributed by atoms with Gasteiger partial charge in [0.1, 0.15) is 5.75 Å². The number of carbonyl (C=O) groups is 2. The first kappa shape index (κ1) is 14.1. The van der Waals surface area contributed by atoms with E-state index in [0.29, 0.717) is 36.1 Å². The summed E-state index contributed by atoms with van der Waals surface area (Å²) in [6.07, 6.45) is 0.755. The fourth-order valence-electron chi connectivity index (χ4n) is 2.04. The Bertz CT molecular complexity index is 498. The lowest BCUT2D eigenvalue weighted by Gasteiger charge is -2.24. The van der Waals surface area contributed by atoms with E-state index in [1.54, 1.807) is 19.1 Å². The minimum absolute atomic E-state index is 0.0373. The van der Waals surface area contributed by atoms with Crippen LogP contribution in [0.5, 0.6) is 5.75 Å². The van der Waals surface area contributed by atoms with Gasteiger partial charge in [-0.3, -0.25) is 4.79 Å². The van der Waals surface area contributed by atoms with Gasteiger partial charge in [0.25, 0.3) is 0 Å². The van der Waals surface area contributed by atoms with Crippen LogP contribution < -0.4 is 4.74 Å². The van der Waals surface area contributed by atoms with E-state index < -0.39 is 6.10 Å². The predicted octanol–water partition coefficient (Wildman–Crippen LogP) is 2.52. The van der Waals surface area contributed by atoms with Gasteiger partial charge in [0.2, 0.25) is 0 Å². The number of rotatable bonds is 4.